The number of nitro benzene ring substituents is 1. The number of aromatic nitrogens is 5. The van der Waals surface area contributed by atoms with Gasteiger partial charge in [0.05, 0.1) is 15.1 Å². The summed E-state index contributed by atoms with van der Waals surface area (Å²) in [6, 6.07) is 13.9. The lowest BCUT2D eigenvalue weighted by Gasteiger charge is -2.00. The summed E-state index contributed by atoms with van der Waals surface area (Å²) in [5, 5.41) is 23.2. The van der Waals surface area contributed by atoms with Gasteiger partial charge in [0.15, 0.2) is 5.82 Å². The summed E-state index contributed by atoms with van der Waals surface area (Å²) in [7, 11) is 0. The van der Waals surface area contributed by atoms with Crippen molar-refractivity contribution in [2.75, 3.05) is 0 Å². The van der Waals surface area contributed by atoms with Crippen molar-refractivity contribution in [2.24, 2.45) is 0 Å². The second-order valence-corrected chi connectivity index (χ2v) is 5.69. The van der Waals surface area contributed by atoms with E-state index < -0.39 is 4.92 Å². The minimum absolute atomic E-state index is 0.0126. The largest absolute Gasteiger partial charge is 0.270 e. The number of thiazole rings is 1. The first-order valence-corrected chi connectivity index (χ1v) is 7.43. The molecular formula is C14H8N6O2S. The molecule has 0 aliphatic carbocycles. The van der Waals surface area contributed by atoms with Gasteiger partial charge in [-0.15, -0.1) is 5.10 Å². The highest BCUT2D eigenvalue weighted by atomic mass is 32.1. The topological polar surface area (TPSA) is 99.6 Å². The third-order valence-electron chi connectivity index (χ3n) is 3.25. The summed E-state index contributed by atoms with van der Waals surface area (Å²) in [5.41, 5.74) is 1.40. The van der Waals surface area contributed by atoms with Gasteiger partial charge in [0, 0.05) is 17.7 Å². The Hall–Kier alpha value is -3.20. The molecule has 0 radical (unpaired) electrons. The predicted molar refractivity (Wildman–Crippen MR) is 84.4 cm³/mol. The summed E-state index contributed by atoms with van der Waals surface area (Å²) < 4.78 is 2.51. The van der Waals surface area contributed by atoms with Crippen LogP contribution in [0.2, 0.25) is 0 Å². The molecule has 0 unspecified atom stereocenters. The van der Waals surface area contributed by atoms with Gasteiger partial charge in [0.2, 0.25) is 5.13 Å². The standard InChI is InChI=1S/C14H8N6O2S/c21-20(22)10-5-3-4-9(8-10)13-16-17-18-19(13)14-15-11-6-1-2-7-12(11)23-14/h1-8H. The Kier molecular flexibility index (Phi) is 3.05. The van der Waals surface area contributed by atoms with Gasteiger partial charge in [-0.2, -0.15) is 4.68 Å². The molecule has 0 amide bonds. The number of hydrogen-bond acceptors (Lipinski definition) is 7. The Morgan fingerprint density at radius 1 is 1.13 bits per heavy atom. The summed E-state index contributed by atoms with van der Waals surface area (Å²) in [4.78, 5) is 15.0. The number of non-ortho nitro benzene ring substituents is 1. The molecular weight excluding hydrogens is 316 g/mol. The monoisotopic (exact) mass is 324 g/mol. The number of tetrazole rings is 1. The van der Waals surface area contributed by atoms with Crippen LogP contribution in [0, 0.1) is 10.1 Å². The van der Waals surface area contributed by atoms with E-state index in [-0.39, 0.29) is 5.69 Å². The van der Waals surface area contributed by atoms with Gasteiger partial charge in [-0.25, -0.2) is 4.98 Å². The second kappa shape index (κ2) is 5.21. The molecule has 0 atom stereocenters. The predicted octanol–water partition coefficient (Wildman–Crippen LogP) is 2.85. The average molecular weight is 324 g/mol. The Morgan fingerprint density at radius 2 is 2.00 bits per heavy atom. The minimum atomic E-state index is -0.449. The molecule has 0 aliphatic rings. The Morgan fingerprint density at radius 3 is 2.83 bits per heavy atom. The lowest BCUT2D eigenvalue weighted by atomic mass is 10.2. The molecule has 0 spiro atoms. The van der Waals surface area contributed by atoms with Crippen LogP contribution in [-0.4, -0.2) is 30.1 Å². The summed E-state index contributed by atoms with van der Waals surface area (Å²) in [5.74, 6) is 0.410. The van der Waals surface area contributed by atoms with Crippen molar-refractivity contribution in [1.29, 1.82) is 0 Å². The highest BCUT2D eigenvalue weighted by Gasteiger charge is 2.16. The molecule has 2 aromatic heterocycles. The van der Waals surface area contributed by atoms with E-state index in [0.717, 1.165) is 10.2 Å². The van der Waals surface area contributed by atoms with Crippen LogP contribution in [0.4, 0.5) is 5.69 Å². The van der Waals surface area contributed by atoms with Crippen molar-refractivity contribution in [3.05, 3.63) is 58.6 Å². The lowest BCUT2D eigenvalue weighted by Crippen LogP contribution is -1.99. The summed E-state index contributed by atoms with van der Waals surface area (Å²) in [6.07, 6.45) is 0. The molecule has 112 valence electrons. The van der Waals surface area contributed by atoms with Crippen LogP contribution in [0.3, 0.4) is 0 Å². The van der Waals surface area contributed by atoms with Crippen LogP contribution < -0.4 is 0 Å². The highest BCUT2D eigenvalue weighted by molar-refractivity contribution is 7.20. The molecule has 0 N–H and O–H groups in total. The molecule has 0 aliphatic heterocycles. The van der Waals surface area contributed by atoms with E-state index in [1.54, 1.807) is 12.1 Å². The molecule has 0 saturated heterocycles. The molecule has 23 heavy (non-hydrogen) atoms. The fourth-order valence-corrected chi connectivity index (χ4v) is 3.12. The molecule has 0 bridgehead atoms. The van der Waals surface area contributed by atoms with Gasteiger partial charge in [0.25, 0.3) is 5.69 Å². The first-order valence-electron chi connectivity index (χ1n) is 6.61. The van der Waals surface area contributed by atoms with Crippen LogP contribution in [-0.2, 0) is 0 Å². The molecule has 2 aromatic carbocycles. The fraction of sp³-hybridized carbons (Fsp3) is 0. The normalized spacial score (nSPS) is 11.0. The number of fused-ring (bicyclic) bond motifs is 1. The van der Waals surface area contributed by atoms with Gasteiger partial charge in [0.1, 0.15) is 0 Å². The summed E-state index contributed by atoms with van der Waals surface area (Å²) in [6.45, 7) is 0. The van der Waals surface area contributed by atoms with Gasteiger partial charge in [-0.3, -0.25) is 10.1 Å². The number of nitro groups is 1. The van der Waals surface area contributed by atoms with E-state index in [2.05, 4.69) is 20.5 Å². The quantitative estimate of drug-likeness (QED) is 0.424. The maximum absolute atomic E-state index is 10.9. The van der Waals surface area contributed by atoms with Crippen molar-refractivity contribution >= 4 is 27.2 Å². The second-order valence-electron chi connectivity index (χ2n) is 4.69. The maximum atomic E-state index is 10.9. The third kappa shape index (κ3) is 2.32. The van der Waals surface area contributed by atoms with Crippen molar-refractivity contribution < 1.29 is 4.92 Å². The van der Waals surface area contributed by atoms with Crippen molar-refractivity contribution in [1.82, 2.24) is 25.2 Å². The number of para-hydroxylation sites is 1. The van der Waals surface area contributed by atoms with E-state index in [9.17, 15) is 10.1 Å². The first-order chi connectivity index (χ1) is 11.2. The average Bonchev–Trinajstić information content (AvgIpc) is 3.21. The Labute approximate surface area is 133 Å². The number of rotatable bonds is 3. The van der Waals surface area contributed by atoms with Crippen LogP contribution in [0.25, 0.3) is 26.7 Å². The highest BCUT2D eigenvalue weighted by Crippen LogP contribution is 2.28. The van der Waals surface area contributed by atoms with Gasteiger partial charge in [-0.1, -0.05) is 35.6 Å². The van der Waals surface area contributed by atoms with E-state index in [0.29, 0.717) is 16.5 Å². The van der Waals surface area contributed by atoms with Crippen molar-refractivity contribution in [3.63, 3.8) is 0 Å². The number of benzene rings is 2. The van der Waals surface area contributed by atoms with Crippen LogP contribution in [0.1, 0.15) is 0 Å². The van der Waals surface area contributed by atoms with E-state index >= 15 is 0 Å². The molecule has 4 aromatic rings. The SMILES string of the molecule is O=[N+]([O-])c1cccc(-c2nnnn2-c2nc3ccccc3s2)c1. The Bertz CT molecular complexity index is 992. The molecule has 4 rings (SSSR count). The van der Waals surface area contributed by atoms with E-state index in [4.69, 9.17) is 0 Å². The summed E-state index contributed by atoms with van der Waals surface area (Å²) >= 11 is 1.45. The molecule has 2 heterocycles. The number of nitrogens with zero attached hydrogens (tertiary/aromatic N) is 6. The number of hydrogen-bond donors (Lipinski definition) is 0. The molecule has 0 saturated carbocycles. The minimum Gasteiger partial charge on any atom is -0.258 e. The van der Waals surface area contributed by atoms with Crippen molar-refractivity contribution in [3.8, 4) is 16.5 Å². The van der Waals surface area contributed by atoms with E-state index in [1.165, 1.54) is 28.2 Å². The third-order valence-corrected chi connectivity index (χ3v) is 4.26. The van der Waals surface area contributed by atoms with Gasteiger partial charge < -0.3 is 0 Å². The maximum Gasteiger partial charge on any atom is 0.270 e. The molecule has 8 nitrogen and oxygen atoms in total. The molecule has 0 fully saturated rings. The van der Waals surface area contributed by atoms with Gasteiger partial charge >= 0.3 is 0 Å². The lowest BCUT2D eigenvalue weighted by molar-refractivity contribution is -0.384. The smallest absolute Gasteiger partial charge is 0.258 e. The zero-order chi connectivity index (χ0) is 15.8. The van der Waals surface area contributed by atoms with Gasteiger partial charge in [-0.05, 0) is 22.6 Å². The fourth-order valence-electron chi connectivity index (χ4n) is 2.21. The van der Waals surface area contributed by atoms with Crippen molar-refractivity contribution in [2.45, 2.75) is 0 Å². The molecule has 9 heteroatoms. The first kappa shape index (κ1) is 13.5. The zero-order valence-corrected chi connectivity index (χ0v) is 12.3. The van der Waals surface area contributed by atoms with E-state index in [1.807, 2.05) is 24.3 Å². The van der Waals surface area contributed by atoms with Crippen LogP contribution in [0.15, 0.2) is 48.5 Å². The van der Waals surface area contributed by atoms with Crippen LogP contribution >= 0.6 is 11.3 Å². The zero-order valence-electron chi connectivity index (χ0n) is 11.5. The Balaban J connectivity index is 1.85. The van der Waals surface area contributed by atoms with Crippen LogP contribution in [0.5, 0.6) is 0 Å².